The molecule has 0 aromatic carbocycles. The van der Waals surface area contributed by atoms with Gasteiger partial charge in [-0.05, 0) is 31.9 Å². The fourth-order valence-electron chi connectivity index (χ4n) is 3.47. The van der Waals surface area contributed by atoms with E-state index in [4.69, 9.17) is 0 Å². The summed E-state index contributed by atoms with van der Waals surface area (Å²) in [5.74, 6) is -0.480. The third-order valence-electron chi connectivity index (χ3n) is 5.07. The Kier molecular flexibility index (Phi) is 6.62. The molecule has 2 aromatic heterocycles. The van der Waals surface area contributed by atoms with Crippen LogP contribution in [0.4, 0.5) is 0 Å². The van der Waals surface area contributed by atoms with E-state index in [-0.39, 0.29) is 30.0 Å². The zero-order chi connectivity index (χ0) is 19.9. The SMILES string of the molecule is Cc1ccnn1CCNC(=O)c1ccc(=O)n(CC(=O)NC2CCCCC2)c1. The van der Waals surface area contributed by atoms with Crippen LogP contribution in [0.2, 0.25) is 0 Å². The number of hydrogen-bond donors (Lipinski definition) is 2. The maximum atomic E-state index is 12.4. The number of aryl methyl sites for hydroxylation is 1. The lowest BCUT2D eigenvalue weighted by atomic mass is 9.95. The maximum absolute atomic E-state index is 12.4. The molecule has 3 rings (SSSR count). The van der Waals surface area contributed by atoms with Crippen molar-refractivity contribution < 1.29 is 9.59 Å². The van der Waals surface area contributed by atoms with E-state index in [9.17, 15) is 14.4 Å². The van der Waals surface area contributed by atoms with Crippen molar-refractivity contribution in [2.24, 2.45) is 0 Å². The molecule has 0 saturated heterocycles. The first-order valence-corrected chi connectivity index (χ1v) is 9.79. The van der Waals surface area contributed by atoms with Crippen LogP contribution in [0, 0.1) is 6.92 Å². The molecule has 1 aliphatic rings. The average Bonchev–Trinajstić information content (AvgIpc) is 3.09. The lowest BCUT2D eigenvalue weighted by molar-refractivity contribution is -0.122. The summed E-state index contributed by atoms with van der Waals surface area (Å²) in [5.41, 5.74) is 1.07. The third kappa shape index (κ3) is 5.31. The second-order valence-corrected chi connectivity index (χ2v) is 7.24. The average molecular weight is 385 g/mol. The Bertz CT molecular complexity index is 880. The summed E-state index contributed by atoms with van der Waals surface area (Å²) in [7, 11) is 0. The normalized spacial score (nSPS) is 14.6. The maximum Gasteiger partial charge on any atom is 0.252 e. The van der Waals surface area contributed by atoms with Gasteiger partial charge in [0.2, 0.25) is 5.91 Å². The number of amides is 2. The zero-order valence-electron chi connectivity index (χ0n) is 16.2. The molecule has 1 saturated carbocycles. The largest absolute Gasteiger partial charge is 0.352 e. The van der Waals surface area contributed by atoms with Crippen LogP contribution >= 0.6 is 0 Å². The highest BCUT2D eigenvalue weighted by Crippen LogP contribution is 2.17. The van der Waals surface area contributed by atoms with Gasteiger partial charge in [0, 0.05) is 36.7 Å². The number of nitrogens with zero attached hydrogens (tertiary/aromatic N) is 3. The number of pyridine rings is 1. The van der Waals surface area contributed by atoms with E-state index in [0.717, 1.165) is 31.4 Å². The highest BCUT2D eigenvalue weighted by molar-refractivity contribution is 5.93. The predicted molar refractivity (Wildman–Crippen MR) is 105 cm³/mol. The van der Waals surface area contributed by atoms with Gasteiger partial charge in [0.05, 0.1) is 12.1 Å². The molecule has 28 heavy (non-hydrogen) atoms. The fraction of sp³-hybridized carbons (Fsp3) is 0.500. The van der Waals surface area contributed by atoms with E-state index in [1.165, 1.54) is 29.3 Å². The van der Waals surface area contributed by atoms with Crippen LogP contribution in [0.15, 0.2) is 35.4 Å². The molecule has 2 heterocycles. The summed E-state index contributed by atoms with van der Waals surface area (Å²) >= 11 is 0. The van der Waals surface area contributed by atoms with E-state index < -0.39 is 0 Å². The number of nitrogens with one attached hydrogen (secondary N) is 2. The minimum atomic E-state index is -0.303. The van der Waals surface area contributed by atoms with E-state index in [2.05, 4.69) is 15.7 Å². The lowest BCUT2D eigenvalue weighted by Crippen LogP contribution is -2.40. The van der Waals surface area contributed by atoms with Crippen LogP contribution in [0.3, 0.4) is 0 Å². The smallest absolute Gasteiger partial charge is 0.252 e. The molecule has 2 amide bonds. The molecule has 0 aliphatic heterocycles. The van der Waals surface area contributed by atoms with Gasteiger partial charge < -0.3 is 15.2 Å². The van der Waals surface area contributed by atoms with Crippen molar-refractivity contribution in [1.82, 2.24) is 25.0 Å². The molecule has 0 atom stereocenters. The van der Waals surface area contributed by atoms with Crippen molar-refractivity contribution in [2.45, 2.75) is 58.2 Å². The van der Waals surface area contributed by atoms with Gasteiger partial charge in [0.25, 0.3) is 11.5 Å². The van der Waals surface area contributed by atoms with Crippen molar-refractivity contribution in [3.8, 4) is 0 Å². The molecule has 1 aliphatic carbocycles. The lowest BCUT2D eigenvalue weighted by Gasteiger charge is -2.22. The summed E-state index contributed by atoms with van der Waals surface area (Å²) in [6.45, 7) is 2.85. The van der Waals surface area contributed by atoms with Crippen LogP contribution in [0.5, 0.6) is 0 Å². The Hall–Kier alpha value is -2.90. The highest BCUT2D eigenvalue weighted by Gasteiger charge is 2.16. The highest BCUT2D eigenvalue weighted by atomic mass is 16.2. The number of rotatable bonds is 7. The van der Waals surface area contributed by atoms with Crippen molar-refractivity contribution >= 4 is 11.8 Å². The topological polar surface area (TPSA) is 98.0 Å². The summed E-state index contributed by atoms with van der Waals surface area (Å²) in [6, 6.07) is 4.89. The van der Waals surface area contributed by atoms with E-state index >= 15 is 0 Å². The zero-order valence-corrected chi connectivity index (χ0v) is 16.2. The van der Waals surface area contributed by atoms with Crippen LogP contribution in [-0.2, 0) is 17.9 Å². The summed E-state index contributed by atoms with van der Waals surface area (Å²) < 4.78 is 3.08. The predicted octanol–water partition coefficient (Wildman–Crippen LogP) is 1.23. The number of carbonyl (C=O) groups is 2. The standard InChI is InChI=1S/C20H27N5O3/c1-15-9-10-22-25(15)12-11-21-20(28)16-7-8-19(27)24(13-16)14-18(26)23-17-5-3-2-4-6-17/h7-10,13,17H,2-6,11-12,14H2,1H3,(H,21,28)(H,23,26). The molecular formula is C20H27N5O3. The quantitative estimate of drug-likeness (QED) is 0.749. The van der Waals surface area contributed by atoms with Gasteiger partial charge in [0.1, 0.15) is 6.54 Å². The Morgan fingerprint density at radius 2 is 1.96 bits per heavy atom. The van der Waals surface area contributed by atoms with Crippen LogP contribution in [0.1, 0.15) is 48.2 Å². The van der Waals surface area contributed by atoms with Gasteiger partial charge in [-0.3, -0.25) is 19.1 Å². The first kappa shape index (κ1) is 19.9. The molecule has 0 radical (unpaired) electrons. The van der Waals surface area contributed by atoms with Crippen LogP contribution in [0.25, 0.3) is 0 Å². The molecule has 8 heteroatoms. The molecule has 0 spiro atoms. The summed E-state index contributed by atoms with van der Waals surface area (Å²) in [6.07, 6.45) is 8.58. The first-order valence-electron chi connectivity index (χ1n) is 9.79. The Labute approximate surface area is 163 Å². The minimum absolute atomic E-state index is 0.0804. The number of aromatic nitrogens is 3. The van der Waals surface area contributed by atoms with Gasteiger partial charge in [-0.15, -0.1) is 0 Å². The monoisotopic (exact) mass is 385 g/mol. The number of carbonyl (C=O) groups excluding carboxylic acids is 2. The third-order valence-corrected chi connectivity index (χ3v) is 5.07. The van der Waals surface area contributed by atoms with Gasteiger partial charge in [-0.1, -0.05) is 19.3 Å². The molecule has 8 nitrogen and oxygen atoms in total. The van der Waals surface area contributed by atoms with Gasteiger partial charge in [-0.25, -0.2) is 0 Å². The van der Waals surface area contributed by atoms with Crippen molar-refractivity contribution in [3.05, 3.63) is 52.2 Å². The van der Waals surface area contributed by atoms with E-state index in [0.29, 0.717) is 18.7 Å². The molecule has 0 bridgehead atoms. The summed E-state index contributed by atoms with van der Waals surface area (Å²) in [5, 5.41) is 9.97. The fourth-order valence-corrected chi connectivity index (χ4v) is 3.47. The van der Waals surface area contributed by atoms with Gasteiger partial charge in [-0.2, -0.15) is 5.10 Å². The van der Waals surface area contributed by atoms with Gasteiger partial charge >= 0.3 is 0 Å². The second-order valence-electron chi connectivity index (χ2n) is 7.24. The van der Waals surface area contributed by atoms with Gasteiger partial charge in [0.15, 0.2) is 0 Å². The molecule has 1 fully saturated rings. The molecule has 2 aromatic rings. The molecule has 0 unspecified atom stereocenters. The Morgan fingerprint density at radius 3 is 2.68 bits per heavy atom. The van der Waals surface area contributed by atoms with Crippen LogP contribution < -0.4 is 16.2 Å². The van der Waals surface area contributed by atoms with E-state index in [1.807, 2.05) is 13.0 Å². The molecular weight excluding hydrogens is 358 g/mol. The van der Waals surface area contributed by atoms with Crippen LogP contribution in [-0.4, -0.2) is 38.7 Å². The molecule has 150 valence electrons. The van der Waals surface area contributed by atoms with Crippen molar-refractivity contribution in [3.63, 3.8) is 0 Å². The van der Waals surface area contributed by atoms with Crippen molar-refractivity contribution in [2.75, 3.05) is 6.54 Å². The summed E-state index contributed by atoms with van der Waals surface area (Å²) in [4.78, 5) is 36.7. The first-order chi connectivity index (χ1) is 13.5. The number of hydrogen-bond acceptors (Lipinski definition) is 4. The second kappa shape index (κ2) is 9.34. The van der Waals surface area contributed by atoms with Crippen molar-refractivity contribution in [1.29, 1.82) is 0 Å². The van der Waals surface area contributed by atoms with E-state index in [1.54, 1.807) is 10.9 Å². The molecule has 2 N–H and O–H groups in total. The Balaban J connectivity index is 1.55. The Morgan fingerprint density at radius 1 is 1.18 bits per heavy atom. The minimum Gasteiger partial charge on any atom is -0.352 e.